The van der Waals surface area contributed by atoms with Crippen LogP contribution in [-0.4, -0.2) is 74.0 Å². The molecule has 2 aromatic rings. The number of fused-ring (bicyclic) bond motifs is 1. The first-order valence-electron chi connectivity index (χ1n) is 12.3. The summed E-state index contributed by atoms with van der Waals surface area (Å²) in [6, 6.07) is 13.3. The fraction of sp³-hybridized carbons (Fsp3) is 0.593. The minimum atomic E-state index is 0.331. The molecule has 0 aliphatic carbocycles. The Kier molecular flexibility index (Phi) is 7.69. The van der Waals surface area contributed by atoms with Gasteiger partial charge in [-0.05, 0) is 81.7 Å². The molecule has 0 radical (unpaired) electrons. The minimum Gasteiger partial charge on any atom is -0.496 e. The summed E-state index contributed by atoms with van der Waals surface area (Å²) in [6.07, 6.45) is 6.36. The summed E-state index contributed by atoms with van der Waals surface area (Å²) in [5, 5.41) is 2.47. The highest BCUT2D eigenvalue weighted by molar-refractivity contribution is 5.91. The Bertz CT molecular complexity index is 907. The quantitative estimate of drug-likeness (QED) is 0.644. The second-order valence-electron chi connectivity index (χ2n) is 9.79. The van der Waals surface area contributed by atoms with Gasteiger partial charge in [-0.3, -0.25) is 9.69 Å². The predicted octanol–water partition coefficient (Wildman–Crippen LogP) is 4.39. The summed E-state index contributed by atoms with van der Waals surface area (Å²) in [5.41, 5.74) is 1.36. The summed E-state index contributed by atoms with van der Waals surface area (Å²) in [7, 11) is 5.92. The number of methoxy groups -OCH3 is 1. The van der Waals surface area contributed by atoms with Crippen LogP contribution in [0.2, 0.25) is 0 Å². The van der Waals surface area contributed by atoms with Gasteiger partial charge in [0.25, 0.3) is 0 Å². The number of carbonyl (C=O) groups excluding carboxylic acids is 1. The maximum absolute atomic E-state index is 12.8. The summed E-state index contributed by atoms with van der Waals surface area (Å²) >= 11 is 0. The molecule has 0 N–H and O–H groups in total. The molecular formula is C27H39N3O2. The molecule has 5 heteroatoms. The van der Waals surface area contributed by atoms with E-state index in [1.54, 1.807) is 7.11 Å². The van der Waals surface area contributed by atoms with Crippen molar-refractivity contribution in [2.75, 3.05) is 47.4 Å². The number of rotatable bonds is 7. The van der Waals surface area contributed by atoms with Crippen LogP contribution >= 0.6 is 0 Å². The van der Waals surface area contributed by atoms with Crippen LogP contribution in [0.4, 0.5) is 0 Å². The van der Waals surface area contributed by atoms with E-state index in [1.807, 2.05) is 11.9 Å². The third-order valence-corrected chi connectivity index (χ3v) is 7.59. The summed E-state index contributed by atoms with van der Waals surface area (Å²) in [6.45, 7) is 5.39. The summed E-state index contributed by atoms with van der Waals surface area (Å²) in [5.74, 6) is 1.88. The van der Waals surface area contributed by atoms with E-state index in [0.29, 0.717) is 24.3 Å². The van der Waals surface area contributed by atoms with Gasteiger partial charge in [0.15, 0.2) is 0 Å². The van der Waals surface area contributed by atoms with Gasteiger partial charge in [-0.2, -0.15) is 0 Å². The second-order valence-corrected chi connectivity index (χ2v) is 9.79. The SMILES string of the molecule is COc1ccc(CN2CCC[C@H](CCC(=O)N(C)C3CCN(C)CC3)C2)c2ccccc12. The van der Waals surface area contributed by atoms with Crippen molar-refractivity contribution in [3.05, 3.63) is 42.0 Å². The number of benzene rings is 2. The Labute approximate surface area is 193 Å². The van der Waals surface area contributed by atoms with Crippen molar-refractivity contribution in [3.63, 3.8) is 0 Å². The van der Waals surface area contributed by atoms with E-state index in [2.05, 4.69) is 53.2 Å². The number of nitrogens with zero attached hydrogens (tertiary/aromatic N) is 3. The first kappa shape index (κ1) is 23.1. The smallest absolute Gasteiger partial charge is 0.222 e. The zero-order valence-corrected chi connectivity index (χ0v) is 20.1. The average molecular weight is 438 g/mol. The highest BCUT2D eigenvalue weighted by Crippen LogP contribution is 2.30. The van der Waals surface area contributed by atoms with Gasteiger partial charge in [-0.15, -0.1) is 0 Å². The maximum atomic E-state index is 12.8. The first-order valence-corrected chi connectivity index (χ1v) is 12.3. The molecule has 0 aromatic heterocycles. The highest BCUT2D eigenvalue weighted by atomic mass is 16.5. The molecule has 2 fully saturated rings. The molecule has 2 aliphatic heterocycles. The van der Waals surface area contributed by atoms with E-state index in [9.17, 15) is 4.79 Å². The molecule has 0 saturated carbocycles. The van der Waals surface area contributed by atoms with E-state index in [1.165, 1.54) is 29.2 Å². The van der Waals surface area contributed by atoms with Crippen molar-refractivity contribution in [3.8, 4) is 5.75 Å². The van der Waals surface area contributed by atoms with Crippen LogP contribution < -0.4 is 4.74 Å². The zero-order valence-electron chi connectivity index (χ0n) is 20.1. The molecule has 5 nitrogen and oxygen atoms in total. The van der Waals surface area contributed by atoms with E-state index < -0.39 is 0 Å². The Morgan fingerprint density at radius 3 is 2.56 bits per heavy atom. The lowest BCUT2D eigenvalue weighted by Gasteiger charge is -2.36. The standard InChI is InChI=1S/C27H39N3O2/c1-28-17-14-23(15-18-28)29(2)27(31)13-10-21-7-6-16-30(19-21)20-22-11-12-26(32-3)25-9-5-4-8-24(22)25/h4-5,8-9,11-12,21,23H,6-7,10,13-20H2,1-3H3/t21-/m1/s1. The molecule has 32 heavy (non-hydrogen) atoms. The topological polar surface area (TPSA) is 36.0 Å². The van der Waals surface area contributed by atoms with Crippen molar-refractivity contribution in [2.24, 2.45) is 5.92 Å². The van der Waals surface area contributed by atoms with Crippen molar-refractivity contribution in [2.45, 2.75) is 51.1 Å². The number of hydrogen-bond acceptors (Lipinski definition) is 4. The number of carbonyl (C=O) groups is 1. The van der Waals surface area contributed by atoms with Gasteiger partial charge in [-0.1, -0.05) is 30.3 Å². The van der Waals surface area contributed by atoms with Gasteiger partial charge in [0, 0.05) is 38.0 Å². The van der Waals surface area contributed by atoms with Crippen molar-refractivity contribution < 1.29 is 9.53 Å². The van der Waals surface area contributed by atoms with Crippen molar-refractivity contribution in [1.29, 1.82) is 0 Å². The molecule has 174 valence electrons. The summed E-state index contributed by atoms with van der Waals surface area (Å²) in [4.78, 5) is 19.8. The molecule has 0 unspecified atom stereocenters. The largest absolute Gasteiger partial charge is 0.496 e. The van der Waals surface area contributed by atoms with Gasteiger partial charge >= 0.3 is 0 Å². The van der Waals surface area contributed by atoms with Gasteiger partial charge in [0.1, 0.15) is 5.75 Å². The first-order chi connectivity index (χ1) is 15.5. The molecule has 0 spiro atoms. The van der Waals surface area contributed by atoms with Gasteiger partial charge in [0.2, 0.25) is 5.91 Å². The molecule has 2 saturated heterocycles. The molecule has 4 rings (SSSR count). The lowest BCUT2D eigenvalue weighted by molar-refractivity contribution is -0.133. The van der Waals surface area contributed by atoms with Crippen molar-refractivity contribution >= 4 is 16.7 Å². The van der Waals surface area contributed by atoms with Crippen LogP contribution in [0.15, 0.2) is 36.4 Å². The van der Waals surface area contributed by atoms with E-state index >= 15 is 0 Å². The van der Waals surface area contributed by atoms with Crippen LogP contribution in [0.1, 0.15) is 44.1 Å². The Hall–Kier alpha value is -2.11. The molecule has 2 aromatic carbocycles. The number of ether oxygens (including phenoxy) is 1. The van der Waals surface area contributed by atoms with Gasteiger partial charge < -0.3 is 14.5 Å². The van der Waals surface area contributed by atoms with E-state index in [4.69, 9.17) is 4.74 Å². The second kappa shape index (κ2) is 10.7. The minimum absolute atomic E-state index is 0.331. The molecule has 1 atom stereocenters. The Balaban J connectivity index is 1.31. The summed E-state index contributed by atoms with van der Waals surface area (Å²) < 4.78 is 5.56. The lowest BCUT2D eigenvalue weighted by Crippen LogP contribution is -2.44. The van der Waals surface area contributed by atoms with Crippen LogP contribution in [0.5, 0.6) is 5.75 Å². The van der Waals surface area contributed by atoms with Crippen LogP contribution in [0.25, 0.3) is 10.8 Å². The normalized spacial score (nSPS) is 21.0. The number of hydrogen-bond donors (Lipinski definition) is 0. The molecular weight excluding hydrogens is 398 g/mol. The van der Waals surface area contributed by atoms with E-state index in [-0.39, 0.29) is 0 Å². The predicted molar refractivity (Wildman–Crippen MR) is 131 cm³/mol. The van der Waals surface area contributed by atoms with Crippen molar-refractivity contribution in [1.82, 2.24) is 14.7 Å². The monoisotopic (exact) mass is 437 g/mol. The Morgan fingerprint density at radius 1 is 1.06 bits per heavy atom. The zero-order chi connectivity index (χ0) is 22.5. The van der Waals surface area contributed by atoms with Crippen LogP contribution in [0.3, 0.4) is 0 Å². The third kappa shape index (κ3) is 5.44. The molecule has 0 bridgehead atoms. The van der Waals surface area contributed by atoms with Crippen LogP contribution in [-0.2, 0) is 11.3 Å². The molecule has 2 heterocycles. The van der Waals surface area contributed by atoms with Gasteiger partial charge in [0.05, 0.1) is 7.11 Å². The van der Waals surface area contributed by atoms with E-state index in [0.717, 1.165) is 57.7 Å². The highest BCUT2D eigenvalue weighted by Gasteiger charge is 2.26. The number of likely N-dealkylation sites (tertiary alicyclic amines) is 2. The average Bonchev–Trinajstić information content (AvgIpc) is 2.83. The Morgan fingerprint density at radius 2 is 1.81 bits per heavy atom. The fourth-order valence-electron chi connectivity index (χ4n) is 5.51. The third-order valence-electron chi connectivity index (χ3n) is 7.59. The number of piperidine rings is 2. The fourth-order valence-corrected chi connectivity index (χ4v) is 5.51. The molecule has 2 aliphatic rings. The van der Waals surface area contributed by atoms with Gasteiger partial charge in [-0.25, -0.2) is 0 Å². The maximum Gasteiger partial charge on any atom is 0.222 e. The lowest BCUT2D eigenvalue weighted by atomic mass is 9.92. The van der Waals surface area contributed by atoms with Crippen LogP contribution in [0, 0.1) is 5.92 Å². The molecule has 1 amide bonds. The number of amides is 1.